The van der Waals surface area contributed by atoms with Crippen molar-refractivity contribution in [2.75, 3.05) is 20.8 Å². The van der Waals surface area contributed by atoms with Crippen molar-refractivity contribution in [1.82, 2.24) is 0 Å². The second kappa shape index (κ2) is 15.7. The molecule has 0 radical (unpaired) electrons. The van der Waals surface area contributed by atoms with Gasteiger partial charge in [0.2, 0.25) is 0 Å². The van der Waals surface area contributed by atoms with Crippen LogP contribution in [-0.4, -0.2) is 38.5 Å². The molecule has 8 heteroatoms. The zero-order chi connectivity index (χ0) is 30.5. The molecule has 0 fully saturated rings. The quantitative estimate of drug-likeness (QED) is 0.150. The second-order valence-corrected chi connectivity index (χ2v) is 9.76. The summed E-state index contributed by atoms with van der Waals surface area (Å²) in [5.74, 6) is 0.977. The lowest BCUT2D eigenvalue weighted by Crippen LogP contribution is -2.10. The zero-order valence-electron chi connectivity index (χ0n) is 24.6. The lowest BCUT2D eigenvalue weighted by molar-refractivity contribution is -0.118. The van der Waals surface area contributed by atoms with Crippen LogP contribution in [-0.2, 0) is 9.59 Å². The van der Waals surface area contributed by atoms with Gasteiger partial charge in [-0.2, -0.15) is 10.5 Å². The molecule has 0 heterocycles. The minimum atomic E-state index is -0.316. The SMILES string of the molecule is COc1cc(C=C(C#N)C(=O)C(C)C)ccc1OCC=CC(C)Oc1ccc(C=C(C#N)C(=O)C(C)C)cc1OC. The van der Waals surface area contributed by atoms with Gasteiger partial charge in [0.15, 0.2) is 34.6 Å². The molecule has 0 saturated heterocycles. The van der Waals surface area contributed by atoms with E-state index in [1.165, 1.54) is 20.3 Å². The van der Waals surface area contributed by atoms with Crippen LogP contribution >= 0.6 is 0 Å². The van der Waals surface area contributed by atoms with E-state index in [0.29, 0.717) is 34.1 Å². The third-order valence-corrected chi connectivity index (χ3v) is 5.87. The van der Waals surface area contributed by atoms with Gasteiger partial charge in [0.25, 0.3) is 0 Å². The fraction of sp³-hybridized carbons (Fsp3) is 0.333. The van der Waals surface area contributed by atoms with Crippen molar-refractivity contribution in [1.29, 1.82) is 10.5 Å². The van der Waals surface area contributed by atoms with Crippen LogP contribution in [0.15, 0.2) is 59.7 Å². The highest BCUT2D eigenvalue weighted by molar-refractivity contribution is 6.04. The summed E-state index contributed by atoms with van der Waals surface area (Å²) >= 11 is 0. The van der Waals surface area contributed by atoms with Crippen molar-refractivity contribution in [2.24, 2.45) is 11.8 Å². The van der Waals surface area contributed by atoms with Crippen molar-refractivity contribution >= 4 is 23.7 Å². The summed E-state index contributed by atoms with van der Waals surface area (Å²) in [4.78, 5) is 24.4. The van der Waals surface area contributed by atoms with E-state index < -0.39 is 0 Å². The maximum absolute atomic E-state index is 12.2. The van der Waals surface area contributed by atoms with E-state index >= 15 is 0 Å². The van der Waals surface area contributed by atoms with E-state index in [-0.39, 0.29) is 47.3 Å². The van der Waals surface area contributed by atoms with Gasteiger partial charge in [0, 0.05) is 11.8 Å². The normalized spacial score (nSPS) is 12.6. The van der Waals surface area contributed by atoms with Gasteiger partial charge < -0.3 is 18.9 Å². The van der Waals surface area contributed by atoms with Crippen LogP contribution in [0, 0.1) is 34.5 Å². The van der Waals surface area contributed by atoms with Crippen LogP contribution < -0.4 is 18.9 Å². The Bertz CT molecular complexity index is 1420. The van der Waals surface area contributed by atoms with E-state index in [1.807, 2.05) is 31.2 Å². The average Bonchev–Trinajstić information content (AvgIpc) is 2.96. The Kier molecular flexibility index (Phi) is 12.4. The molecule has 8 nitrogen and oxygen atoms in total. The number of carbonyl (C=O) groups excluding carboxylic acids is 2. The number of ether oxygens (including phenoxy) is 4. The molecule has 0 bridgehead atoms. The lowest BCUT2D eigenvalue weighted by Gasteiger charge is -2.15. The topological polar surface area (TPSA) is 119 Å². The summed E-state index contributed by atoms with van der Waals surface area (Å²) in [6.45, 7) is 9.12. The van der Waals surface area contributed by atoms with Gasteiger partial charge in [-0.3, -0.25) is 9.59 Å². The number of methoxy groups -OCH3 is 2. The van der Waals surface area contributed by atoms with Crippen LogP contribution in [0.5, 0.6) is 23.0 Å². The molecule has 0 aromatic heterocycles. The number of Topliss-reactive ketones (excluding diaryl/α,β-unsaturated/α-hetero) is 2. The molecule has 0 N–H and O–H groups in total. The lowest BCUT2D eigenvalue weighted by atomic mass is 10.00. The molecule has 0 aliphatic rings. The van der Waals surface area contributed by atoms with E-state index in [9.17, 15) is 20.1 Å². The monoisotopic (exact) mass is 556 g/mol. The largest absolute Gasteiger partial charge is 0.493 e. The Morgan fingerprint density at radius 3 is 1.66 bits per heavy atom. The number of hydrogen-bond donors (Lipinski definition) is 0. The van der Waals surface area contributed by atoms with Gasteiger partial charge in [-0.15, -0.1) is 0 Å². The fourth-order valence-corrected chi connectivity index (χ4v) is 3.66. The molecule has 2 aromatic carbocycles. The maximum Gasteiger partial charge on any atom is 0.175 e. The summed E-state index contributed by atoms with van der Waals surface area (Å²) in [7, 11) is 3.04. The summed E-state index contributed by atoms with van der Waals surface area (Å²) in [6.07, 6.45) is 6.41. The van der Waals surface area contributed by atoms with Crippen molar-refractivity contribution in [3.05, 3.63) is 70.8 Å². The molecule has 0 amide bonds. The highest BCUT2D eigenvalue weighted by Gasteiger charge is 2.15. The minimum absolute atomic E-state index is 0.0860. The first-order valence-electron chi connectivity index (χ1n) is 13.2. The predicted molar refractivity (Wildman–Crippen MR) is 158 cm³/mol. The molecule has 0 aliphatic heterocycles. The third-order valence-electron chi connectivity index (χ3n) is 5.87. The Labute approximate surface area is 242 Å². The van der Waals surface area contributed by atoms with Crippen LogP contribution in [0.25, 0.3) is 12.2 Å². The van der Waals surface area contributed by atoms with Crippen LogP contribution in [0.4, 0.5) is 0 Å². The first kappa shape index (κ1) is 32.4. The van der Waals surface area contributed by atoms with Crippen LogP contribution in [0.2, 0.25) is 0 Å². The van der Waals surface area contributed by atoms with Gasteiger partial charge in [-0.05, 0) is 66.6 Å². The first-order chi connectivity index (χ1) is 19.5. The highest BCUT2D eigenvalue weighted by atomic mass is 16.5. The average molecular weight is 557 g/mol. The van der Waals surface area contributed by atoms with Gasteiger partial charge in [0.1, 0.15) is 24.8 Å². The summed E-state index contributed by atoms with van der Waals surface area (Å²) in [5.41, 5.74) is 1.48. The second-order valence-electron chi connectivity index (χ2n) is 9.76. The molecule has 2 rings (SSSR count). The van der Waals surface area contributed by atoms with Crippen molar-refractivity contribution in [3.8, 4) is 35.1 Å². The molecular weight excluding hydrogens is 520 g/mol. The number of benzene rings is 2. The smallest absolute Gasteiger partial charge is 0.175 e. The number of allylic oxidation sites excluding steroid dienone is 2. The molecule has 214 valence electrons. The van der Waals surface area contributed by atoms with Crippen LogP contribution in [0.3, 0.4) is 0 Å². The molecule has 1 unspecified atom stereocenters. The van der Waals surface area contributed by atoms with Crippen molar-refractivity contribution < 1.29 is 28.5 Å². The van der Waals surface area contributed by atoms with Crippen LogP contribution in [0.1, 0.15) is 45.7 Å². The van der Waals surface area contributed by atoms with E-state index in [2.05, 4.69) is 0 Å². The first-order valence-corrected chi connectivity index (χ1v) is 13.2. The third kappa shape index (κ3) is 9.40. The number of carbonyl (C=O) groups is 2. The van der Waals surface area contributed by atoms with Gasteiger partial charge in [0.05, 0.1) is 25.4 Å². The Hall–Kier alpha value is -4.82. The summed E-state index contributed by atoms with van der Waals surface area (Å²) in [6, 6.07) is 14.3. The maximum atomic E-state index is 12.2. The molecule has 0 spiro atoms. The fourth-order valence-electron chi connectivity index (χ4n) is 3.66. The summed E-state index contributed by atoms with van der Waals surface area (Å²) < 4.78 is 22.7. The van der Waals surface area contributed by atoms with E-state index in [4.69, 9.17) is 18.9 Å². The molecule has 0 aliphatic carbocycles. The Morgan fingerprint density at radius 2 is 1.22 bits per heavy atom. The number of nitriles is 2. The zero-order valence-corrected chi connectivity index (χ0v) is 24.6. The Balaban J connectivity index is 2.07. The number of ketones is 2. The number of rotatable bonds is 14. The molecule has 41 heavy (non-hydrogen) atoms. The summed E-state index contributed by atoms with van der Waals surface area (Å²) in [5, 5.41) is 18.7. The molecule has 2 aromatic rings. The minimum Gasteiger partial charge on any atom is -0.493 e. The van der Waals surface area contributed by atoms with E-state index in [0.717, 1.165) is 0 Å². The molecule has 0 saturated carbocycles. The highest BCUT2D eigenvalue weighted by Crippen LogP contribution is 2.31. The van der Waals surface area contributed by atoms with Gasteiger partial charge in [-0.1, -0.05) is 39.8 Å². The van der Waals surface area contributed by atoms with Crippen molar-refractivity contribution in [3.63, 3.8) is 0 Å². The molecule has 1 atom stereocenters. The van der Waals surface area contributed by atoms with Crippen molar-refractivity contribution in [2.45, 2.75) is 40.7 Å². The Morgan fingerprint density at radius 1 is 0.756 bits per heavy atom. The number of nitrogens with zero attached hydrogens (tertiary/aromatic N) is 2. The van der Waals surface area contributed by atoms with Gasteiger partial charge in [-0.25, -0.2) is 0 Å². The standard InChI is InChI=1S/C33H36N2O6/c1-21(2)32(36)26(19-34)15-24-10-12-28(30(17-24)38-6)40-14-8-9-23(5)41-29-13-11-25(18-31(29)39-7)16-27(20-35)33(37)22(3)4/h8-13,15-18,21-23H,14H2,1-7H3. The van der Waals surface area contributed by atoms with Gasteiger partial charge >= 0.3 is 0 Å². The predicted octanol–water partition coefficient (Wildman–Crippen LogP) is 6.37. The van der Waals surface area contributed by atoms with E-state index in [1.54, 1.807) is 70.2 Å². The number of hydrogen-bond acceptors (Lipinski definition) is 8. The molecular formula is C33H36N2O6.